The van der Waals surface area contributed by atoms with Crippen LogP contribution in [0.1, 0.15) is 82.3 Å². The SMILES string of the molecule is C=C(C)c1ccc(C2CCC(C3CCC(C)CC3)CC2)cc1F. The fourth-order valence-electron chi connectivity index (χ4n) is 4.81. The average Bonchev–Trinajstić information content (AvgIpc) is 2.55. The van der Waals surface area contributed by atoms with Gasteiger partial charge >= 0.3 is 0 Å². The molecule has 2 fully saturated rings. The van der Waals surface area contributed by atoms with Crippen LogP contribution in [0.25, 0.3) is 5.57 Å². The Morgan fingerprint density at radius 3 is 2.04 bits per heavy atom. The smallest absolute Gasteiger partial charge is 0.130 e. The van der Waals surface area contributed by atoms with Gasteiger partial charge in [-0.25, -0.2) is 4.39 Å². The van der Waals surface area contributed by atoms with Gasteiger partial charge in [-0.2, -0.15) is 0 Å². The van der Waals surface area contributed by atoms with Crippen LogP contribution in [-0.4, -0.2) is 0 Å². The largest absolute Gasteiger partial charge is 0.206 e. The van der Waals surface area contributed by atoms with Gasteiger partial charge in [-0.15, -0.1) is 0 Å². The predicted octanol–water partition coefficient (Wildman–Crippen LogP) is 6.96. The van der Waals surface area contributed by atoms with Crippen molar-refractivity contribution < 1.29 is 4.39 Å². The Morgan fingerprint density at radius 2 is 1.52 bits per heavy atom. The van der Waals surface area contributed by atoms with Crippen molar-refractivity contribution in [2.75, 3.05) is 0 Å². The zero-order chi connectivity index (χ0) is 16.4. The van der Waals surface area contributed by atoms with Crippen molar-refractivity contribution in [2.24, 2.45) is 17.8 Å². The summed E-state index contributed by atoms with van der Waals surface area (Å²) in [7, 11) is 0. The van der Waals surface area contributed by atoms with Gasteiger partial charge in [0.2, 0.25) is 0 Å². The van der Waals surface area contributed by atoms with Crippen molar-refractivity contribution in [3.63, 3.8) is 0 Å². The predicted molar refractivity (Wildman–Crippen MR) is 96.9 cm³/mol. The Balaban J connectivity index is 1.58. The number of hydrogen-bond acceptors (Lipinski definition) is 0. The lowest BCUT2D eigenvalue weighted by atomic mass is 9.68. The van der Waals surface area contributed by atoms with Crippen molar-refractivity contribution in [2.45, 2.75) is 71.1 Å². The first-order valence-electron chi connectivity index (χ1n) is 9.50. The maximum absolute atomic E-state index is 14.2. The first-order valence-corrected chi connectivity index (χ1v) is 9.50. The summed E-state index contributed by atoms with van der Waals surface area (Å²) in [4.78, 5) is 0. The summed E-state index contributed by atoms with van der Waals surface area (Å²) in [6, 6.07) is 5.80. The van der Waals surface area contributed by atoms with Crippen molar-refractivity contribution in [1.82, 2.24) is 0 Å². The highest BCUT2D eigenvalue weighted by atomic mass is 19.1. The minimum atomic E-state index is -0.0987. The lowest BCUT2D eigenvalue weighted by Gasteiger charge is -2.37. The van der Waals surface area contributed by atoms with Gasteiger partial charge in [0.25, 0.3) is 0 Å². The molecule has 0 unspecified atom stereocenters. The summed E-state index contributed by atoms with van der Waals surface area (Å²) in [5.41, 5.74) is 2.67. The molecule has 0 aromatic heterocycles. The highest BCUT2D eigenvalue weighted by Crippen LogP contribution is 2.44. The number of hydrogen-bond donors (Lipinski definition) is 0. The third-order valence-electron chi connectivity index (χ3n) is 6.42. The molecule has 0 saturated heterocycles. The normalized spacial score (nSPS) is 31.8. The summed E-state index contributed by atoms with van der Waals surface area (Å²) in [5, 5.41) is 0. The van der Waals surface area contributed by atoms with E-state index in [1.54, 1.807) is 6.07 Å². The molecule has 2 aliphatic rings. The highest BCUT2D eigenvalue weighted by Gasteiger charge is 2.30. The van der Waals surface area contributed by atoms with Gasteiger partial charge in [0.1, 0.15) is 5.82 Å². The van der Waals surface area contributed by atoms with Crippen molar-refractivity contribution in [1.29, 1.82) is 0 Å². The molecule has 0 spiro atoms. The zero-order valence-electron chi connectivity index (χ0n) is 14.8. The maximum atomic E-state index is 14.2. The standard InChI is InChI=1S/C22H31F/c1-15(2)21-13-12-20(14-22(21)23)19-10-8-18(9-11-19)17-6-4-16(3)5-7-17/h12-14,16-19H,1,4-11H2,2-3H3. The van der Waals surface area contributed by atoms with E-state index in [2.05, 4.69) is 19.6 Å². The molecule has 23 heavy (non-hydrogen) atoms. The Bertz CT molecular complexity index is 543. The first kappa shape index (κ1) is 16.7. The summed E-state index contributed by atoms with van der Waals surface area (Å²) in [6.07, 6.45) is 10.9. The number of halogens is 1. The minimum absolute atomic E-state index is 0.0987. The molecule has 0 aliphatic heterocycles. The van der Waals surface area contributed by atoms with Crippen LogP contribution >= 0.6 is 0 Å². The van der Waals surface area contributed by atoms with Gasteiger partial charge in [0.15, 0.2) is 0 Å². The van der Waals surface area contributed by atoms with Gasteiger partial charge in [0.05, 0.1) is 0 Å². The average molecular weight is 314 g/mol. The van der Waals surface area contributed by atoms with Crippen LogP contribution in [-0.2, 0) is 0 Å². The molecule has 1 heteroatoms. The molecule has 0 amide bonds. The van der Waals surface area contributed by atoms with E-state index in [0.29, 0.717) is 11.5 Å². The third kappa shape index (κ3) is 3.87. The Labute approximate surface area is 141 Å². The van der Waals surface area contributed by atoms with Crippen LogP contribution in [0, 0.1) is 23.6 Å². The minimum Gasteiger partial charge on any atom is -0.206 e. The van der Waals surface area contributed by atoms with Crippen LogP contribution < -0.4 is 0 Å². The van der Waals surface area contributed by atoms with Crippen LogP contribution in [0.15, 0.2) is 24.8 Å². The molecule has 2 aliphatic carbocycles. The van der Waals surface area contributed by atoms with Gasteiger partial charge in [-0.1, -0.05) is 38.5 Å². The van der Waals surface area contributed by atoms with E-state index in [1.807, 2.05) is 13.0 Å². The number of benzene rings is 1. The molecule has 0 N–H and O–H groups in total. The summed E-state index contributed by atoms with van der Waals surface area (Å²) < 4.78 is 14.2. The van der Waals surface area contributed by atoms with Crippen LogP contribution in [0.3, 0.4) is 0 Å². The molecule has 0 heterocycles. The summed E-state index contributed by atoms with van der Waals surface area (Å²) in [5.74, 6) is 3.30. The van der Waals surface area contributed by atoms with E-state index in [-0.39, 0.29) is 5.82 Å². The quantitative estimate of drug-likeness (QED) is 0.565. The molecule has 0 nitrogen and oxygen atoms in total. The summed E-state index contributed by atoms with van der Waals surface area (Å²) >= 11 is 0. The lowest BCUT2D eigenvalue weighted by molar-refractivity contribution is 0.165. The second-order valence-electron chi connectivity index (χ2n) is 8.15. The molecule has 0 radical (unpaired) electrons. The van der Waals surface area contributed by atoms with E-state index >= 15 is 0 Å². The Morgan fingerprint density at radius 1 is 0.957 bits per heavy atom. The van der Waals surface area contributed by atoms with Gasteiger partial charge in [-0.05, 0) is 86.3 Å². The van der Waals surface area contributed by atoms with Crippen molar-refractivity contribution in [3.05, 3.63) is 41.7 Å². The van der Waals surface area contributed by atoms with Crippen LogP contribution in [0.5, 0.6) is 0 Å². The lowest BCUT2D eigenvalue weighted by Crippen LogP contribution is -2.24. The zero-order valence-corrected chi connectivity index (χ0v) is 14.8. The van der Waals surface area contributed by atoms with Gasteiger partial charge in [-0.3, -0.25) is 0 Å². The Kier molecular flexibility index (Phi) is 5.24. The monoisotopic (exact) mass is 314 g/mol. The summed E-state index contributed by atoms with van der Waals surface area (Å²) in [6.45, 7) is 8.12. The fourth-order valence-corrected chi connectivity index (χ4v) is 4.81. The fraction of sp³-hybridized carbons (Fsp3) is 0.636. The van der Waals surface area contributed by atoms with E-state index in [1.165, 1.54) is 56.9 Å². The number of rotatable bonds is 3. The van der Waals surface area contributed by atoms with E-state index in [9.17, 15) is 4.39 Å². The highest BCUT2D eigenvalue weighted by molar-refractivity contribution is 5.62. The molecular weight excluding hydrogens is 283 g/mol. The first-order chi connectivity index (χ1) is 11.0. The third-order valence-corrected chi connectivity index (χ3v) is 6.42. The number of allylic oxidation sites excluding steroid dienone is 1. The molecular formula is C22H31F. The molecule has 1 aromatic rings. The van der Waals surface area contributed by atoms with Crippen molar-refractivity contribution >= 4 is 5.57 Å². The second-order valence-corrected chi connectivity index (χ2v) is 8.15. The van der Waals surface area contributed by atoms with Gasteiger partial charge < -0.3 is 0 Å². The Hall–Kier alpha value is -1.11. The molecule has 3 rings (SSSR count). The molecule has 1 aromatic carbocycles. The second kappa shape index (κ2) is 7.20. The van der Waals surface area contributed by atoms with E-state index in [4.69, 9.17) is 0 Å². The van der Waals surface area contributed by atoms with E-state index in [0.717, 1.165) is 23.3 Å². The van der Waals surface area contributed by atoms with Crippen LogP contribution in [0.4, 0.5) is 4.39 Å². The molecule has 0 atom stereocenters. The molecule has 126 valence electrons. The van der Waals surface area contributed by atoms with Gasteiger partial charge in [0, 0.05) is 5.56 Å². The maximum Gasteiger partial charge on any atom is 0.130 e. The van der Waals surface area contributed by atoms with Crippen molar-refractivity contribution in [3.8, 4) is 0 Å². The molecule has 2 saturated carbocycles. The van der Waals surface area contributed by atoms with E-state index < -0.39 is 0 Å². The van der Waals surface area contributed by atoms with Crippen LogP contribution in [0.2, 0.25) is 0 Å². The molecule has 0 bridgehead atoms. The topological polar surface area (TPSA) is 0 Å².